The molecular weight excluding hydrogens is 729 g/mol. The maximum absolute atomic E-state index is 13.4. The number of carbonyl (C=O) groups excluding carboxylic acids is 1. The molecule has 1 aliphatic rings. The van der Waals surface area contributed by atoms with E-state index in [-0.39, 0.29) is 65.9 Å². The zero-order valence-electron chi connectivity index (χ0n) is 28.6. The minimum Gasteiger partial charge on any atom is -0.481 e. The molecule has 14 nitrogen and oxygen atoms in total. The van der Waals surface area contributed by atoms with E-state index in [4.69, 9.17) is 42.9 Å². The molecule has 2 heterocycles. The van der Waals surface area contributed by atoms with Crippen molar-refractivity contribution >= 4 is 46.9 Å². The lowest BCUT2D eigenvalue weighted by Gasteiger charge is -2.18. The Morgan fingerprint density at radius 2 is 1.58 bits per heavy atom. The number of carboxylic acids is 2. The summed E-state index contributed by atoms with van der Waals surface area (Å²) in [6.45, 7) is 0.749. The van der Waals surface area contributed by atoms with Gasteiger partial charge >= 0.3 is 11.9 Å². The Morgan fingerprint density at radius 3 is 2.25 bits per heavy atom. The average Bonchev–Trinajstić information content (AvgIpc) is 3.52. The van der Waals surface area contributed by atoms with E-state index < -0.39 is 30.1 Å². The molecule has 1 amide bonds. The first-order valence-corrected chi connectivity index (χ1v) is 17.5. The lowest BCUT2D eigenvalue weighted by molar-refractivity contribution is -0.140. The summed E-state index contributed by atoms with van der Waals surface area (Å²) in [5, 5.41) is 46.4. The number of aliphatic hydroxyl groups is 2. The second-order valence-electron chi connectivity index (χ2n) is 12.4. The number of fused-ring (bicyclic) bond motifs is 1. The van der Waals surface area contributed by atoms with Crippen LogP contribution in [-0.2, 0) is 29.1 Å². The maximum atomic E-state index is 13.4. The van der Waals surface area contributed by atoms with Crippen LogP contribution in [0.2, 0.25) is 10.0 Å². The summed E-state index contributed by atoms with van der Waals surface area (Å²) >= 11 is 13.5. The normalized spacial score (nSPS) is 14.6. The first kappa shape index (κ1) is 39.4. The molecule has 0 spiro atoms. The molecule has 0 saturated carbocycles. The van der Waals surface area contributed by atoms with Crippen molar-refractivity contribution < 1.29 is 44.3 Å². The van der Waals surface area contributed by atoms with E-state index in [0.29, 0.717) is 36.3 Å². The van der Waals surface area contributed by atoms with Crippen LogP contribution in [0.25, 0.3) is 11.1 Å². The van der Waals surface area contributed by atoms with Gasteiger partial charge in [0.05, 0.1) is 42.7 Å². The average molecular weight is 769 g/mol. The van der Waals surface area contributed by atoms with E-state index in [1.807, 2.05) is 24.3 Å². The van der Waals surface area contributed by atoms with Gasteiger partial charge in [-0.15, -0.1) is 0 Å². The number of ether oxygens (including phenoxy) is 2. The summed E-state index contributed by atoms with van der Waals surface area (Å²) in [4.78, 5) is 43.7. The van der Waals surface area contributed by atoms with Gasteiger partial charge in [0.1, 0.15) is 16.9 Å². The molecule has 5 rings (SSSR count). The number of methoxy groups -OCH3 is 1. The van der Waals surface area contributed by atoms with Crippen LogP contribution in [0.1, 0.15) is 58.0 Å². The second kappa shape index (κ2) is 18.3. The third-order valence-electron chi connectivity index (χ3n) is 8.47. The van der Waals surface area contributed by atoms with Gasteiger partial charge < -0.3 is 45.9 Å². The predicted molar refractivity (Wildman–Crippen MR) is 196 cm³/mol. The van der Waals surface area contributed by atoms with Gasteiger partial charge in [0, 0.05) is 43.5 Å². The van der Waals surface area contributed by atoms with Gasteiger partial charge in [-0.3, -0.25) is 14.4 Å². The first-order valence-electron chi connectivity index (χ1n) is 16.7. The number of amides is 1. The van der Waals surface area contributed by atoms with E-state index in [2.05, 4.69) is 25.9 Å². The van der Waals surface area contributed by atoms with Crippen LogP contribution in [0.4, 0.5) is 5.82 Å². The van der Waals surface area contributed by atoms with Crippen LogP contribution in [0.5, 0.6) is 11.8 Å². The van der Waals surface area contributed by atoms with Crippen LogP contribution in [0, 0.1) is 0 Å². The third-order valence-corrected chi connectivity index (χ3v) is 9.15. The fourth-order valence-electron chi connectivity index (χ4n) is 6.01. The highest BCUT2D eigenvalue weighted by Crippen LogP contribution is 2.43. The molecule has 53 heavy (non-hydrogen) atoms. The second-order valence-corrected chi connectivity index (χ2v) is 13.2. The molecule has 16 heteroatoms. The predicted octanol–water partition coefficient (Wildman–Crippen LogP) is 4.63. The zero-order chi connectivity index (χ0) is 38.1. The highest BCUT2D eigenvalue weighted by Gasteiger charge is 2.29. The number of benzene rings is 2. The Balaban J connectivity index is 1.25. The van der Waals surface area contributed by atoms with Gasteiger partial charge in [-0.05, 0) is 53.3 Å². The maximum Gasteiger partial charge on any atom is 0.306 e. The summed E-state index contributed by atoms with van der Waals surface area (Å²) in [5.41, 5.74) is 5.13. The summed E-state index contributed by atoms with van der Waals surface area (Å²) < 4.78 is 11.8. The molecule has 0 fully saturated rings. The van der Waals surface area contributed by atoms with Crippen molar-refractivity contribution in [2.75, 3.05) is 25.5 Å². The molecule has 0 bridgehead atoms. The molecule has 1 aliphatic carbocycles. The van der Waals surface area contributed by atoms with Crippen molar-refractivity contribution in [3.8, 4) is 22.9 Å². The van der Waals surface area contributed by atoms with Crippen molar-refractivity contribution in [1.29, 1.82) is 0 Å². The number of aliphatic hydroxyl groups excluding tert-OH is 2. The van der Waals surface area contributed by atoms with Crippen LogP contribution < -0.4 is 25.4 Å². The first-order chi connectivity index (χ1) is 25.4. The number of aliphatic carboxylic acids is 2. The number of hydrogen-bond acceptors (Lipinski definition) is 11. The molecule has 0 unspecified atom stereocenters. The number of pyridine rings is 2. The monoisotopic (exact) mass is 767 g/mol. The summed E-state index contributed by atoms with van der Waals surface area (Å²) in [7, 11) is 1.47. The van der Waals surface area contributed by atoms with Gasteiger partial charge in [0.15, 0.2) is 0 Å². The molecule has 7 N–H and O–H groups in total. The molecule has 4 aromatic rings. The van der Waals surface area contributed by atoms with Crippen LogP contribution in [-0.4, -0.2) is 80.6 Å². The standard InChI is InChI=1S/C37H39Cl2N5O9/c1-52-36-21(17-41-19-23(46)14-33(49)50)12-29(38)37(44-36)53-30-10-9-25-24(4-2-5-26(25)30)27-6-3-7-28(34(27)39)35(51)43-31-11-8-20(16-42-31)15-40-18-22(45)13-32(47)48/h2-8,11-12,16,22-23,30,40-41,45-46H,9-10,13-15,17-19H2,1H3,(H,47,48)(H,49,50)(H,42,43,51)/t22-,23+,30+/m1/s1. The number of anilines is 1. The van der Waals surface area contributed by atoms with Crippen LogP contribution in [0.3, 0.4) is 0 Å². The SMILES string of the molecule is COc1nc(O[C@H]2CCc3c(-c4cccc(C(=O)Nc5ccc(CNC[C@H](O)CC(=O)O)cn5)c4Cl)cccc32)c(Cl)cc1CNC[C@@H](O)CC(=O)O. The number of carbonyl (C=O) groups is 3. The minimum atomic E-state index is -1.09. The Bertz CT molecular complexity index is 1950. The lowest BCUT2D eigenvalue weighted by atomic mass is 9.95. The molecule has 0 saturated heterocycles. The van der Waals surface area contributed by atoms with Crippen molar-refractivity contribution in [2.24, 2.45) is 0 Å². The largest absolute Gasteiger partial charge is 0.481 e. The highest BCUT2D eigenvalue weighted by atomic mass is 35.5. The van der Waals surface area contributed by atoms with Crippen molar-refractivity contribution in [3.63, 3.8) is 0 Å². The van der Waals surface area contributed by atoms with E-state index in [0.717, 1.165) is 22.3 Å². The molecule has 2 aromatic carbocycles. The number of halogens is 2. The summed E-state index contributed by atoms with van der Waals surface area (Å²) in [5.74, 6) is -1.84. The Hall–Kier alpha value is -4.83. The van der Waals surface area contributed by atoms with Crippen molar-refractivity contribution in [3.05, 3.63) is 98.7 Å². The van der Waals surface area contributed by atoms with Gasteiger partial charge in [-0.2, -0.15) is 4.98 Å². The highest BCUT2D eigenvalue weighted by molar-refractivity contribution is 6.37. The van der Waals surface area contributed by atoms with Gasteiger partial charge in [-0.1, -0.05) is 59.6 Å². The zero-order valence-corrected chi connectivity index (χ0v) is 30.2. The number of carboxylic acid groups (broad SMARTS) is 2. The minimum absolute atomic E-state index is 0.0572. The quantitative estimate of drug-likeness (QED) is 0.0737. The number of hydrogen-bond donors (Lipinski definition) is 7. The van der Waals surface area contributed by atoms with Gasteiger partial charge in [-0.25, -0.2) is 4.98 Å². The van der Waals surface area contributed by atoms with Crippen LogP contribution >= 0.6 is 23.2 Å². The fraction of sp³-hybridized carbons (Fsp3) is 0.324. The number of nitrogens with zero attached hydrogens (tertiary/aromatic N) is 2. The summed E-state index contributed by atoms with van der Waals surface area (Å²) in [6, 6.07) is 16.1. The molecule has 0 radical (unpaired) electrons. The summed E-state index contributed by atoms with van der Waals surface area (Å²) in [6.07, 6.45) is -0.292. The molecular formula is C37H39Cl2N5O9. The van der Waals surface area contributed by atoms with E-state index in [9.17, 15) is 24.6 Å². The lowest BCUT2D eigenvalue weighted by Crippen LogP contribution is -2.28. The third kappa shape index (κ3) is 10.4. The smallest absolute Gasteiger partial charge is 0.306 e. The van der Waals surface area contributed by atoms with Gasteiger partial charge in [0.25, 0.3) is 5.91 Å². The molecule has 0 aliphatic heterocycles. The fourth-order valence-corrected chi connectivity index (χ4v) is 6.54. The number of rotatable bonds is 18. The van der Waals surface area contributed by atoms with E-state index >= 15 is 0 Å². The van der Waals surface area contributed by atoms with Crippen LogP contribution in [0.15, 0.2) is 60.8 Å². The Labute approximate surface area is 315 Å². The number of nitrogens with one attached hydrogen (secondary N) is 3. The van der Waals surface area contributed by atoms with E-state index in [1.165, 1.54) is 7.11 Å². The van der Waals surface area contributed by atoms with Gasteiger partial charge in [0.2, 0.25) is 11.8 Å². The van der Waals surface area contributed by atoms with Crippen molar-refractivity contribution in [2.45, 2.75) is 57.1 Å². The number of aromatic nitrogens is 2. The molecule has 280 valence electrons. The molecule has 2 aromatic heterocycles. The Morgan fingerprint density at radius 1 is 0.906 bits per heavy atom. The molecule has 3 atom stereocenters. The van der Waals surface area contributed by atoms with E-state index in [1.54, 1.807) is 36.5 Å². The van der Waals surface area contributed by atoms with Crippen molar-refractivity contribution in [1.82, 2.24) is 20.6 Å². The topological polar surface area (TPSA) is 212 Å². The Kier molecular flexibility index (Phi) is 13.6.